The lowest BCUT2D eigenvalue weighted by Gasteiger charge is -2.09. The van der Waals surface area contributed by atoms with E-state index in [1.807, 2.05) is 26.8 Å². The predicted octanol–water partition coefficient (Wildman–Crippen LogP) is 2.95. The van der Waals surface area contributed by atoms with Crippen molar-refractivity contribution in [2.75, 3.05) is 20.3 Å². The number of aromatic nitrogens is 4. The first-order valence-corrected chi connectivity index (χ1v) is 9.65. The average molecular weight is 398 g/mol. The summed E-state index contributed by atoms with van der Waals surface area (Å²) in [5.41, 5.74) is 4.26. The molecule has 0 saturated carbocycles. The van der Waals surface area contributed by atoms with Crippen LogP contribution in [0.15, 0.2) is 24.3 Å². The Kier molecular flexibility index (Phi) is 6.43. The third-order valence-corrected chi connectivity index (χ3v) is 4.99. The summed E-state index contributed by atoms with van der Waals surface area (Å²) in [6.45, 7) is 7.66. The molecule has 8 heteroatoms. The Morgan fingerprint density at radius 1 is 1.17 bits per heavy atom. The van der Waals surface area contributed by atoms with E-state index in [2.05, 4.69) is 14.9 Å². The summed E-state index contributed by atoms with van der Waals surface area (Å²) >= 11 is 0. The van der Waals surface area contributed by atoms with E-state index < -0.39 is 5.97 Å². The second kappa shape index (κ2) is 9.00. The van der Waals surface area contributed by atoms with E-state index in [1.54, 1.807) is 30.0 Å². The van der Waals surface area contributed by atoms with Gasteiger partial charge in [0.05, 0.1) is 11.1 Å². The number of hydrogen-bond acceptors (Lipinski definition) is 6. The molecule has 0 aliphatic heterocycles. The van der Waals surface area contributed by atoms with Crippen molar-refractivity contribution < 1.29 is 19.1 Å². The predicted molar refractivity (Wildman–Crippen MR) is 108 cm³/mol. The zero-order chi connectivity index (χ0) is 21.0. The number of carbonyl (C=O) groups is 2. The summed E-state index contributed by atoms with van der Waals surface area (Å²) in [6, 6.07) is 6.91. The first-order chi connectivity index (χ1) is 14.0. The third kappa shape index (κ3) is 4.37. The number of rotatable bonds is 9. The Labute approximate surface area is 169 Å². The van der Waals surface area contributed by atoms with Gasteiger partial charge >= 0.3 is 5.97 Å². The molecule has 0 amide bonds. The van der Waals surface area contributed by atoms with Crippen LogP contribution in [-0.2, 0) is 22.6 Å². The summed E-state index contributed by atoms with van der Waals surface area (Å²) in [5, 5.41) is 8.08. The Morgan fingerprint density at radius 2 is 1.97 bits per heavy atom. The Balaban J connectivity index is 1.66. The average Bonchev–Trinajstić information content (AvgIpc) is 3.26. The molecule has 0 aliphatic rings. The number of benzene rings is 1. The standard InChI is InChI=1S/C21H26N4O4/c1-5-25-19-8-7-16(12-18(19)22-23-25)21(27)29-13-20(26)17-11-14(2)24(15(17)3)9-6-10-28-4/h7-8,11-12H,5-6,9-10,13H2,1-4H3. The largest absolute Gasteiger partial charge is 0.454 e. The molecule has 0 radical (unpaired) electrons. The molecule has 154 valence electrons. The highest BCUT2D eigenvalue weighted by atomic mass is 16.5. The second-order valence-corrected chi connectivity index (χ2v) is 6.89. The van der Waals surface area contributed by atoms with Crippen LogP contribution in [0.3, 0.4) is 0 Å². The van der Waals surface area contributed by atoms with Crippen LogP contribution in [0.5, 0.6) is 0 Å². The maximum atomic E-state index is 12.6. The lowest BCUT2D eigenvalue weighted by atomic mass is 10.1. The molecular formula is C21H26N4O4. The maximum Gasteiger partial charge on any atom is 0.338 e. The molecule has 8 nitrogen and oxygen atoms in total. The number of aryl methyl sites for hydroxylation is 2. The fraction of sp³-hybridized carbons (Fsp3) is 0.429. The zero-order valence-electron chi connectivity index (χ0n) is 17.3. The van der Waals surface area contributed by atoms with E-state index in [9.17, 15) is 9.59 Å². The van der Waals surface area contributed by atoms with Crippen LogP contribution >= 0.6 is 0 Å². The number of esters is 1. The molecule has 0 saturated heterocycles. The number of nitrogens with zero attached hydrogens (tertiary/aromatic N) is 4. The van der Waals surface area contributed by atoms with Gasteiger partial charge in [-0.05, 0) is 51.5 Å². The second-order valence-electron chi connectivity index (χ2n) is 6.89. The molecule has 1 aromatic carbocycles. The van der Waals surface area contributed by atoms with Gasteiger partial charge in [-0.3, -0.25) is 4.79 Å². The first kappa shape index (κ1) is 20.7. The van der Waals surface area contributed by atoms with Crippen molar-refractivity contribution in [1.82, 2.24) is 19.6 Å². The molecule has 2 aromatic heterocycles. The van der Waals surface area contributed by atoms with Crippen LogP contribution in [-0.4, -0.2) is 51.6 Å². The van der Waals surface area contributed by atoms with Gasteiger partial charge < -0.3 is 14.0 Å². The summed E-state index contributed by atoms with van der Waals surface area (Å²) in [4.78, 5) is 25.0. The van der Waals surface area contributed by atoms with Gasteiger partial charge in [0.25, 0.3) is 0 Å². The number of methoxy groups -OCH3 is 1. The van der Waals surface area contributed by atoms with Crippen molar-refractivity contribution in [3.8, 4) is 0 Å². The maximum absolute atomic E-state index is 12.6. The smallest absolute Gasteiger partial charge is 0.338 e. The molecule has 0 bridgehead atoms. The zero-order valence-corrected chi connectivity index (χ0v) is 17.3. The summed E-state index contributed by atoms with van der Waals surface area (Å²) in [5.74, 6) is -0.775. The van der Waals surface area contributed by atoms with Gasteiger partial charge in [0.1, 0.15) is 5.52 Å². The summed E-state index contributed by atoms with van der Waals surface area (Å²) < 4.78 is 14.2. The van der Waals surface area contributed by atoms with E-state index in [0.29, 0.717) is 29.8 Å². The van der Waals surface area contributed by atoms with E-state index >= 15 is 0 Å². The minimum atomic E-state index is -0.555. The molecule has 0 spiro atoms. The highest BCUT2D eigenvalue weighted by Gasteiger charge is 2.18. The lowest BCUT2D eigenvalue weighted by molar-refractivity contribution is 0.0474. The van der Waals surface area contributed by atoms with Crippen molar-refractivity contribution >= 4 is 22.8 Å². The van der Waals surface area contributed by atoms with Crippen LogP contribution < -0.4 is 0 Å². The molecule has 3 aromatic rings. The molecule has 0 atom stereocenters. The number of carbonyl (C=O) groups excluding carboxylic acids is 2. The van der Waals surface area contributed by atoms with E-state index in [-0.39, 0.29) is 12.4 Å². The van der Waals surface area contributed by atoms with Gasteiger partial charge in [-0.15, -0.1) is 5.10 Å². The normalized spacial score (nSPS) is 11.2. The van der Waals surface area contributed by atoms with Gasteiger partial charge in [0.2, 0.25) is 5.78 Å². The Bertz CT molecular complexity index is 1030. The van der Waals surface area contributed by atoms with Crippen molar-refractivity contribution in [3.05, 3.63) is 46.8 Å². The highest BCUT2D eigenvalue weighted by molar-refractivity contribution is 6.01. The Hall–Kier alpha value is -3.00. The monoisotopic (exact) mass is 398 g/mol. The first-order valence-electron chi connectivity index (χ1n) is 9.65. The van der Waals surface area contributed by atoms with Crippen molar-refractivity contribution in [1.29, 1.82) is 0 Å². The van der Waals surface area contributed by atoms with Crippen LogP contribution in [0.4, 0.5) is 0 Å². The fourth-order valence-electron chi connectivity index (χ4n) is 3.42. The number of hydrogen-bond donors (Lipinski definition) is 0. The van der Waals surface area contributed by atoms with E-state index in [4.69, 9.17) is 9.47 Å². The topological polar surface area (TPSA) is 88.2 Å². The van der Waals surface area contributed by atoms with Gasteiger partial charge in [-0.2, -0.15) is 0 Å². The third-order valence-electron chi connectivity index (χ3n) is 4.99. The van der Waals surface area contributed by atoms with Gasteiger partial charge in [0, 0.05) is 43.8 Å². The van der Waals surface area contributed by atoms with E-state index in [0.717, 1.165) is 29.9 Å². The molecular weight excluding hydrogens is 372 g/mol. The number of fused-ring (bicyclic) bond motifs is 1. The van der Waals surface area contributed by atoms with Gasteiger partial charge in [0.15, 0.2) is 6.61 Å². The number of Topliss-reactive ketones (excluding diaryl/α,β-unsaturated/α-hetero) is 1. The fourth-order valence-corrected chi connectivity index (χ4v) is 3.42. The minimum Gasteiger partial charge on any atom is -0.454 e. The van der Waals surface area contributed by atoms with E-state index in [1.165, 1.54) is 0 Å². The van der Waals surface area contributed by atoms with Crippen LogP contribution in [0.1, 0.15) is 45.4 Å². The lowest BCUT2D eigenvalue weighted by Crippen LogP contribution is -2.15. The number of ketones is 1. The molecule has 3 rings (SSSR count). The van der Waals surface area contributed by atoms with Crippen LogP contribution in [0.25, 0.3) is 11.0 Å². The highest BCUT2D eigenvalue weighted by Crippen LogP contribution is 2.18. The van der Waals surface area contributed by atoms with Crippen LogP contribution in [0, 0.1) is 13.8 Å². The molecule has 0 aliphatic carbocycles. The van der Waals surface area contributed by atoms with Crippen LogP contribution in [0.2, 0.25) is 0 Å². The molecule has 0 unspecified atom stereocenters. The quantitative estimate of drug-likeness (QED) is 0.313. The number of ether oxygens (including phenoxy) is 2. The van der Waals surface area contributed by atoms with Crippen molar-refractivity contribution in [2.24, 2.45) is 0 Å². The van der Waals surface area contributed by atoms with Gasteiger partial charge in [-0.1, -0.05) is 5.21 Å². The molecule has 29 heavy (non-hydrogen) atoms. The summed E-state index contributed by atoms with van der Waals surface area (Å²) in [6.07, 6.45) is 0.862. The van der Waals surface area contributed by atoms with Gasteiger partial charge in [-0.25, -0.2) is 9.48 Å². The summed E-state index contributed by atoms with van der Waals surface area (Å²) in [7, 11) is 1.67. The Morgan fingerprint density at radius 3 is 2.69 bits per heavy atom. The molecule has 0 fully saturated rings. The van der Waals surface area contributed by atoms with Crippen molar-refractivity contribution in [3.63, 3.8) is 0 Å². The molecule has 0 N–H and O–H groups in total. The minimum absolute atomic E-state index is 0.220. The SMILES string of the molecule is CCn1nnc2cc(C(=O)OCC(=O)c3cc(C)n(CCCOC)c3C)ccc21. The van der Waals surface area contributed by atoms with Crippen molar-refractivity contribution in [2.45, 2.75) is 40.3 Å². The molecule has 2 heterocycles.